The van der Waals surface area contributed by atoms with E-state index in [9.17, 15) is 14.7 Å². The Morgan fingerprint density at radius 2 is 1.74 bits per heavy atom. The number of ether oxygens (including phenoxy) is 1. The Balaban J connectivity index is 0.00000417. The van der Waals surface area contributed by atoms with Gasteiger partial charge in [0.25, 0.3) is 5.56 Å². The van der Waals surface area contributed by atoms with Crippen LogP contribution in [0.3, 0.4) is 0 Å². The standard InChI is InChI=1S/C35H35FN4O5.K.H/c1-3-6-32-30(19-23-10-9-22(20-31(23)36)28-7-4-5-8-29(28)33-38-35(43)45-39-33)34(42)40(21(2)37-32)24-11-15-26(16-12-24)44-27-17-13-25(41)14-18-27;;/h4-5,7-12,15-16,20,25,27,41H,3,6,13-14,17-19H2,1-2H3,(H,38,39,43);;. The SMILES string of the molecule is CCCc1nc(C)n(-c2ccc(OC3CCC(O)CC3)cc2)c(=O)c1Cc1ccc(-c2ccccc2-c2noc(=O)[nH]2)cc1F.[KH]. The number of nitrogens with zero attached hydrogens (tertiary/aromatic N) is 3. The van der Waals surface area contributed by atoms with Gasteiger partial charge in [-0.15, -0.1) is 0 Å². The molecule has 0 amide bonds. The van der Waals surface area contributed by atoms with Crippen molar-refractivity contribution >= 4 is 51.4 Å². The van der Waals surface area contributed by atoms with E-state index in [0.29, 0.717) is 57.2 Å². The number of hydrogen-bond acceptors (Lipinski definition) is 7. The fraction of sp³-hybridized carbons (Fsp3) is 0.314. The molecule has 1 saturated carbocycles. The van der Waals surface area contributed by atoms with Crippen molar-refractivity contribution in [3.8, 4) is 34.0 Å². The number of aliphatic hydroxyl groups is 1. The number of benzene rings is 3. The summed E-state index contributed by atoms with van der Waals surface area (Å²) in [5.41, 5.74) is 3.78. The molecule has 234 valence electrons. The van der Waals surface area contributed by atoms with E-state index in [1.165, 1.54) is 6.07 Å². The zero-order chi connectivity index (χ0) is 31.5. The number of aryl methyl sites for hydroxylation is 2. The van der Waals surface area contributed by atoms with Crippen molar-refractivity contribution < 1.29 is 18.8 Å². The second kappa shape index (κ2) is 15.1. The first-order valence-electron chi connectivity index (χ1n) is 15.3. The van der Waals surface area contributed by atoms with E-state index in [-0.39, 0.29) is 81.4 Å². The molecule has 0 radical (unpaired) electrons. The van der Waals surface area contributed by atoms with Crippen molar-refractivity contribution in [2.24, 2.45) is 0 Å². The molecule has 11 heteroatoms. The summed E-state index contributed by atoms with van der Waals surface area (Å²) in [4.78, 5) is 32.9. The molecule has 1 aliphatic rings. The van der Waals surface area contributed by atoms with Crippen LogP contribution in [-0.4, -0.2) is 88.4 Å². The van der Waals surface area contributed by atoms with Gasteiger partial charge in [0.1, 0.15) is 17.4 Å². The molecule has 5 aromatic rings. The summed E-state index contributed by atoms with van der Waals surface area (Å²) in [6.45, 7) is 3.82. The number of aliphatic hydroxyl groups excluding tert-OH is 1. The van der Waals surface area contributed by atoms with Gasteiger partial charge in [0.2, 0.25) is 0 Å². The maximum absolute atomic E-state index is 15.7. The maximum atomic E-state index is 15.7. The second-order valence-electron chi connectivity index (χ2n) is 11.5. The number of H-pyrrole nitrogens is 1. The summed E-state index contributed by atoms with van der Waals surface area (Å²) in [6, 6.07) is 19.5. The Morgan fingerprint density at radius 3 is 2.39 bits per heavy atom. The molecule has 0 unspecified atom stereocenters. The molecule has 1 fully saturated rings. The Bertz CT molecular complexity index is 1930. The molecular formula is C35H36FKN4O5. The molecule has 6 rings (SSSR count). The normalized spacial score (nSPS) is 16.2. The van der Waals surface area contributed by atoms with Gasteiger partial charge in [-0.2, -0.15) is 0 Å². The van der Waals surface area contributed by atoms with Gasteiger partial charge in [-0.3, -0.25) is 18.9 Å². The van der Waals surface area contributed by atoms with Crippen LogP contribution in [0.1, 0.15) is 61.7 Å². The van der Waals surface area contributed by atoms with Crippen molar-refractivity contribution in [1.82, 2.24) is 19.7 Å². The van der Waals surface area contributed by atoms with Gasteiger partial charge in [0.15, 0.2) is 5.82 Å². The molecule has 0 spiro atoms. The predicted octanol–water partition coefficient (Wildman–Crippen LogP) is 5.27. The summed E-state index contributed by atoms with van der Waals surface area (Å²) in [6.07, 6.45) is 4.36. The van der Waals surface area contributed by atoms with E-state index in [1.54, 1.807) is 35.8 Å². The van der Waals surface area contributed by atoms with Crippen LogP contribution in [0.2, 0.25) is 0 Å². The predicted molar refractivity (Wildman–Crippen MR) is 175 cm³/mol. The summed E-state index contributed by atoms with van der Waals surface area (Å²) in [5.74, 6) is 0.387. The average molecular weight is 651 g/mol. The molecule has 0 bridgehead atoms. The van der Waals surface area contributed by atoms with Crippen LogP contribution >= 0.6 is 0 Å². The number of hydrogen-bond donors (Lipinski definition) is 2. The van der Waals surface area contributed by atoms with Crippen LogP contribution in [0.15, 0.2) is 80.8 Å². The molecule has 2 heterocycles. The minimum atomic E-state index is -0.674. The summed E-state index contributed by atoms with van der Waals surface area (Å²) in [7, 11) is 0. The van der Waals surface area contributed by atoms with Crippen LogP contribution in [0, 0.1) is 12.7 Å². The van der Waals surface area contributed by atoms with E-state index in [4.69, 9.17) is 9.72 Å². The van der Waals surface area contributed by atoms with Gasteiger partial charge < -0.3 is 9.84 Å². The number of halogens is 1. The fourth-order valence-corrected chi connectivity index (χ4v) is 6.01. The Morgan fingerprint density at radius 1 is 1.02 bits per heavy atom. The van der Waals surface area contributed by atoms with E-state index < -0.39 is 11.6 Å². The van der Waals surface area contributed by atoms with Crippen molar-refractivity contribution in [2.45, 2.75) is 71.0 Å². The molecule has 3 aromatic carbocycles. The molecule has 1 aliphatic carbocycles. The molecule has 2 aromatic heterocycles. The monoisotopic (exact) mass is 650 g/mol. The average Bonchev–Trinajstić information content (AvgIpc) is 3.48. The number of aromatic nitrogens is 4. The van der Waals surface area contributed by atoms with Gasteiger partial charge >= 0.3 is 57.1 Å². The summed E-state index contributed by atoms with van der Waals surface area (Å²) in [5, 5.41) is 13.6. The topological polar surface area (TPSA) is 123 Å². The van der Waals surface area contributed by atoms with Gasteiger partial charge in [0, 0.05) is 17.5 Å². The third kappa shape index (κ3) is 7.51. The fourth-order valence-electron chi connectivity index (χ4n) is 6.01. The molecule has 0 atom stereocenters. The number of aromatic amines is 1. The molecule has 0 saturated heterocycles. The first-order chi connectivity index (χ1) is 21.8. The molecule has 2 N–H and O–H groups in total. The summed E-state index contributed by atoms with van der Waals surface area (Å²) < 4.78 is 28.1. The van der Waals surface area contributed by atoms with E-state index >= 15 is 4.39 Å². The molecule has 0 aliphatic heterocycles. The quantitative estimate of drug-likeness (QED) is 0.209. The molecule has 9 nitrogen and oxygen atoms in total. The van der Waals surface area contributed by atoms with Crippen LogP contribution in [0.5, 0.6) is 5.75 Å². The minimum absolute atomic E-state index is 0. The zero-order valence-corrected chi connectivity index (χ0v) is 25.3. The first kappa shape index (κ1) is 34.1. The Kier molecular flexibility index (Phi) is 11.2. The Hall–Kier alpha value is -3.19. The van der Waals surface area contributed by atoms with Crippen LogP contribution in [0.4, 0.5) is 4.39 Å². The van der Waals surface area contributed by atoms with Gasteiger partial charge in [0.05, 0.1) is 23.6 Å². The van der Waals surface area contributed by atoms with Gasteiger partial charge in [-0.25, -0.2) is 14.2 Å². The van der Waals surface area contributed by atoms with Gasteiger partial charge in [-0.1, -0.05) is 54.9 Å². The zero-order valence-electron chi connectivity index (χ0n) is 25.3. The van der Waals surface area contributed by atoms with E-state index in [1.807, 2.05) is 43.3 Å². The van der Waals surface area contributed by atoms with Crippen molar-refractivity contribution in [2.75, 3.05) is 0 Å². The van der Waals surface area contributed by atoms with Gasteiger partial charge in [-0.05, 0) is 86.1 Å². The third-order valence-corrected chi connectivity index (χ3v) is 8.31. The third-order valence-electron chi connectivity index (χ3n) is 8.31. The van der Waals surface area contributed by atoms with Crippen LogP contribution in [0.25, 0.3) is 28.2 Å². The van der Waals surface area contributed by atoms with Crippen LogP contribution < -0.4 is 16.1 Å². The van der Waals surface area contributed by atoms with Crippen molar-refractivity contribution in [3.05, 3.63) is 116 Å². The van der Waals surface area contributed by atoms with E-state index in [2.05, 4.69) is 14.7 Å². The van der Waals surface area contributed by atoms with Crippen LogP contribution in [-0.2, 0) is 12.8 Å². The van der Waals surface area contributed by atoms with Crippen molar-refractivity contribution in [3.63, 3.8) is 0 Å². The molecule has 46 heavy (non-hydrogen) atoms. The first-order valence-corrected chi connectivity index (χ1v) is 15.3. The number of rotatable bonds is 9. The second-order valence-corrected chi connectivity index (χ2v) is 11.5. The Labute approximate surface area is 308 Å². The number of nitrogens with one attached hydrogen (secondary N) is 1. The van der Waals surface area contributed by atoms with Crippen molar-refractivity contribution in [1.29, 1.82) is 0 Å². The molecular weight excluding hydrogens is 615 g/mol. The summed E-state index contributed by atoms with van der Waals surface area (Å²) >= 11 is 0. The van der Waals surface area contributed by atoms with E-state index in [0.717, 1.165) is 32.1 Å².